The molecule has 0 aromatic rings. The fraction of sp³-hybridized carbons (Fsp3) is 0. The molecule has 106 valence electrons. The van der Waals surface area contributed by atoms with Crippen molar-refractivity contribution in [3.63, 3.8) is 0 Å². The van der Waals surface area contributed by atoms with E-state index in [1.807, 2.05) is 0 Å². The monoisotopic (exact) mass is 400 g/mol. The molecule has 1 fully saturated rings. The Morgan fingerprint density at radius 2 is 0.947 bits per heavy atom. The molecule has 0 aromatic heterocycles. The van der Waals surface area contributed by atoms with Crippen molar-refractivity contribution in [1.82, 2.24) is 0 Å². The molecule has 0 atom stereocenters. The van der Waals surface area contributed by atoms with Crippen molar-refractivity contribution >= 4 is 31.2 Å². The van der Waals surface area contributed by atoms with Crippen LogP contribution in [0.4, 0.5) is 0 Å². The van der Waals surface area contributed by atoms with E-state index in [1.54, 1.807) is 0 Å². The van der Waals surface area contributed by atoms with Gasteiger partial charge in [-0.15, -0.1) is 0 Å². The fourth-order valence-electron chi connectivity index (χ4n) is 0.102. The van der Waals surface area contributed by atoms with Crippen LogP contribution in [0.25, 0.3) is 0 Å². The van der Waals surface area contributed by atoms with Crippen molar-refractivity contribution < 1.29 is 165 Å². The van der Waals surface area contributed by atoms with Gasteiger partial charge in [-0.1, -0.05) is 0 Å². The summed E-state index contributed by atoms with van der Waals surface area (Å²) < 4.78 is 91.9. The Morgan fingerprint density at radius 1 is 0.789 bits per heavy atom. The first kappa shape index (κ1) is 29.8. The second kappa shape index (κ2) is 13.3. The summed E-state index contributed by atoms with van der Waals surface area (Å²) in [5.74, 6) is 0. The van der Waals surface area contributed by atoms with Crippen molar-refractivity contribution in [3.05, 3.63) is 0 Å². The zero-order valence-corrected chi connectivity index (χ0v) is 17.7. The van der Waals surface area contributed by atoms with Gasteiger partial charge in [0, 0.05) is 0 Å². The molecular formula is H2K2O14S3. The fourth-order valence-corrected chi connectivity index (χ4v) is 0.306. The topological polar surface area (TPSA) is 226 Å². The minimum Gasteiger partial charge on any atom is -0.726 e. The van der Waals surface area contributed by atoms with Crippen molar-refractivity contribution in [2.75, 3.05) is 0 Å². The molecule has 14 nitrogen and oxygen atoms in total. The molecule has 0 aliphatic carbocycles. The number of hydrogen-bond donors (Lipinski definition) is 2. The maximum absolute atomic E-state index is 9.74. The van der Waals surface area contributed by atoms with Crippen LogP contribution < -0.4 is 103 Å². The van der Waals surface area contributed by atoms with Gasteiger partial charge in [0.25, 0.3) is 0 Å². The molecule has 0 radical (unpaired) electrons. The molecule has 1 rings (SSSR count). The van der Waals surface area contributed by atoms with Gasteiger partial charge < -0.3 is 9.11 Å². The summed E-state index contributed by atoms with van der Waals surface area (Å²) >= 11 is 0. The zero-order chi connectivity index (χ0) is 14.3. The van der Waals surface area contributed by atoms with Crippen LogP contribution in [0.15, 0.2) is 0 Å². The third-order valence-electron chi connectivity index (χ3n) is 0.250. The van der Waals surface area contributed by atoms with Crippen molar-refractivity contribution in [1.29, 1.82) is 0 Å². The van der Waals surface area contributed by atoms with Crippen LogP contribution >= 0.6 is 0 Å². The van der Waals surface area contributed by atoms with E-state index in [4.69, 9.17) is 35.0 Å². The van der Waals surface area contributed by atoms with Crippen molar-refractivity contribution in [2.45, 2.75) is 0 Å². The first-order valence-corrected chi connectivity index (χ1v) is 6.60. The van der Waals surface area contributed by atoms with Crippen LogP contribution in [0.2, 0.25) is 0 Å². The van der Waals surface area contributed by atoms with Crippen molar-refractivity contribution in [2.24, 2.45) is 0 Å². The predicted octanol–water partition coefficient (Wildman–Crippen LogP) is -8.93. The number of hydrogen-bond acceptors (Lipinski definition) is 12. The zero-order valence-electron chi connectivity index (χ0n) is 9.02. The first-order valence-electron chi connectivity index (χ1n) is 2.53. The molecule has 1 aliphatic rings. The molecule has 19 heteroatoms. The van der Waals surface area contributed by atoms with Gasteiger partial charge in [0.15, 0.2) is 0 Å². The van der Waals surface area contributed by atoms with Crippen LogP contribution in [-0.2, 0) is 49.9 Å². The van der Waals surface area contributed by atoms with E-state index in [0.29, 0.717) is 0 Å². The largest absolute Gasteiger partial charge is 1.00 e. The molecule has 0 amide bonds. The van der Waals surface area contributed by atoms with E-state index >= 15 is 0 Å². The van der Waals surface area contributed by atoms with E-state index in [-0.39, 0.29) is 103 Å². The molecule has 0 bridgehead atoms. The van der Waals surface area contributed by atoms with Crippen molar-refractivity contribution in [3.8, 4) is 0 Å². The van der Waals surface area contributed by atoms with Crippen LogP contribution in [-0.4, -0.2) is 43.5 Å². The molecule has 2 N–H and O–H groups in total. The molecule has 19 heavy (non-hydrogen) atoms. The van der Waals surface area contributed by atoms with E-state index in [9.17, 15) is 8.42 Å². The molecule has 1 aliphatic heterocycles. The van der Waals surface area contributed by atoms with Gasteiger partial charge in [-0.3, -0.25) is 9.11 Å². The Kier molecular flexibility index (Phi) is 20.8. The summed E-state index contributed by atoms with van der Waals surface area (Å²) in [5.41, 5.74) is 0. The quantitative estimate of drug-likeness (QED) is 0.166. The average Bonchev–Trinajstić information content (AvgIpc) is 2.25. The van der Waals surface area contributed by atoms with Crippen LogP contribution in [0.3, 0.4) is 0 Å². The van der Waals surface area contributed by atoms with Crippen LogP contribution in [0.1, 0.15) is 0 Å². The summed E-state index contributed by atoms with van der Waals surface area (Å²) in [6.45, 7) is 0. The standard InChI is InChI=1S/2K.O6S.2H2O4S/c;;1-7(2)5-3-4-6-7;2*1-5(2,3)4/h;;;2*(H2,1,2,3,4)/q2*+1;;;/p-2. The molecule has 0 saturated carbocycles. The maximum Gasteiger partial charge on any atom is 1.00 e. The molecule has 1 saturated heterocycles. The SMILES string of the molecule is O=S(=O)([O-])O.O=S(=O)([O-])O.O=S1(=O)OOOO1.[K+].[K+]. The van der Waals surface area contributed by atoms with Gasteiger partial charge in [-0.05, 0) is 18.7 Å². The van der Waals surface area contributed by atoms with Crippen LogP contribution in [0.5, 0.6) is 0 Å². The Bertz CT molecular complexity index is 435. The minimum absolute atomic E-state index is 0. The third kappa shape index (κ3) is 52.8. The van der Waals surface area contributed by atoms with E-state index in [0.717, 1.165) is 0 Å². The summed E-state index contributed by atoms with van der Waals surface area (Å²) in [5, 5.41) is 6.70. The molecule has 0 unspecified atom stereocenters. The normalized spacial score (nSPS) is 16.4. The third-order valence-corrected chi connectivity index (χ3v) is 0.694. The van der Waals surface area contributed by atoms with E-state index in [1.165, 1.54) is 0 Å². The van der Waals surface area contributed by atoms with Gasteiger partial charge in [-0.25, -0.2) is 16.8 Å². The Balaban J connectivity index is -0.0000000866. The van der Waals surface area contributed by atoms with Gasteiger partial charge in [0.05, 0.1) is 0 Å². The van der Waals surface area contributed by atoms with Gasteiger partial charge in [-0.2, -0.15) is 8.42 Å². The first-order chi connectivity index (χ1) is 7.21. The average molecular weight is 400 g/mol. The summed E-state index contributed by atoms with van der Waals surface area (Å²) in [6, 6.07) is 0. The molecule has 1 heterocycles. The minimum atomic E-state index is -4.92. The molecule has 0 spiro atoms. The summed E-state index contributed by atoms with van der Waals surface area (Å²) in [6.07, 6.45) is 0. The molecule has 0 aromatic carbocycles. The maximum atomic E-state index is 9.74. The molecular weight excluding hydrogens is 398 g/mol. The van der Waals surface area contributed by atoms with E-state index in [2.05, 4.69) is 18.7 Å². The predicted molar refractivity (Wildman–Crippen MR) is 37.9 cm³/mol. The van der Waals surface area contributed by atoms with Gasteiger partial charge >= 0.3 is 113 Å². The summed E-state index contributed by atoms with van der Waals surface area (Å²) in [7, 11) is -13.8. The second-order valence-corrected chi connectivity index (χ2v) is 4.34. The number of rotatable bonds is 0. The Morgan fingerprint density at radius 3 is 1.00 bits per heavy atom. The second-order valence-electron chi connectivity index (χ2n) is 1.54. The summed E-state index contributed by atoms with van der Waals surface area (Å²) in [4.78, 5) is 0. The Labute approximate surface area is 192 Å². The van der Waals surface area contributed by atoms with Crippen LogP contribution in [0, 0.1) is 0 Å². The Hall–Kier alpha value is 2.80. The van der Waals surface area contributed by atoms with Gasteiger partial charge in [0.2, 0.25) is 20.8 Å². The van der Waals surface area contributed by atoms with Gasteiger partial charge in [0.1, 0.15) is 0 Å². The van der Waals surface area contributed by atoms with E-state index < -0.39 is 31.2 Å². The smallest absolute Gasteiger partial charge is 0.726 e.